The number of rotatable bonds is 7. The van der Waals surface area contributed by atoms with Crippen LogP contribution in [-0.2, 0) is 14.3 Å². The number of benzene rings is 1. The van der Waals surface area contributed by atoms with Gasteiger partial charge in [0.2, 0.25) is 0 Å². The zero-order chi connectivity index (χ0) is 20.3. The van der Waals surface area contributed by atoms with Gasteiger partial charge in [0.15, 0.2) is 6.61 Å². The van der Waals surface area contributed by atoms with Crippen molar-refractivity contribution in [1.82, 2.24) is 10.2 Å². The van der Waals surface area contributed by atoms with Crippen molar-refractivity contribution in [2.24, 2.45) is 5.92 Å². The van der Waals surface area contributed by atoms with Gasteiger partial charge in [-0.3, -0.25) is 19.3 Å². The number of imide groups is 1. The van der Waals surface area contributed by atoms with Crippen molar-refractivity contribution >= 4 is 23.7 Å². The zero-order valence-electron chi connectivity index (χ0n) is 16.3. The maximum atomic E-state index is 12.7. The lowest BCUT2D eigenvalue weighted by atomic mass is 10.0. The van der Waals surface area contributed by atoms with Crippen LogP contribution in [0.15, 0.2) is 24.3 Å². The van der Waals surface area contributed by atoms with E-state index in [2.05, 4.69) is 5.32 Å². The van der Waals surface area contributed by atoms with Gasteiger partial charge in [0, 0.05) is 6.04 Å². The molecule has 7 heteroatoms. The molecule has 0 bridgehead atoms. The van der Waals surface area contributed by atoms with Crippen LogP contribution in [0.4, 0.5) is 0 Å². The Balaban J connectivity index is 1.68. The topological polar surface area (TPSA) is 92.8 Å². The predicted octanol–water partition coefficient (Wildman–Crippen LogP) is 2.30. The molecule has 0 radical (unpaired) electrons. The smallest absolute Gasteiger partial charge is 0.329 e. The van der Waals surface area contributed by atoms with Gasteiger partial charge < -0.3 is 10.1 Å². The van der Waals surface area contributed by atoms with Crippen LogP contribution >= 0.6 is 0 Å². The number of esters is 1. The molecule has 0 saturated heterocycles. The highest BCUT2D eigenvalue weighted by Gasteiger charge is 2.43. The lowest BCUT2D eigenvalue weighted by Crippen LogP contribution is -2.47. The minimum absolute atomic E-state index is 0.0502. The summed E-state index contributed by atoms with van der Waals surface area (Å²) >= 11 is 0. The van der Waals surface area contributed by atoms with Crippen LogP contribution in [0.25, 0.3) is 0 Å². The second-order valence-electron chi connectivity index (χ2n) is 7.83. The summed E-state index contributed by atoms with van der Waals surface area (Å²) in [5.74, 6) is -2.04. The minimum Gasteiger partial charge on any atom is -0.454 e. The zero-order valence-corrected chi connectivity index (χ0v) is 16.3. The Morgan fingerprint density at radius 1 is 1.11 bits per heavy atom. The molecule has 1 aromatic carbocycles. The van der Waals surface area contributed by atoms with E-state index in [4.69, 9.17) is 4.74 Å². The summed E-state index contributed by atoms with van der Waals surface area (Å²) in [5, 5.41) is 2.85. The van der Waals surface area contributed by atoms with E-state index in [0.29, 0.717) is 0 Å². The van der Waals surface area contributed by atoms with E-state index in [0.717, 1.165) is 30.6 Å². The second-order valence-corrected chi connectivity index (χ2v) is 7.83. The summed E-state index contributed by atoms with van der Waals surface area (Å²) in [6.07, 6.45) is 4.31. The number of carbonyl (C=O) groups excluding carboxylic acids is 4. The molecule has 1 atom stereocenters. The Morgan fingerprint density at radius 2 is 1.68 bits per heavy atom. The number of nitrogens with zero attached hydrogens (tertiary/aromatic N) is 1. The first-order valence-corrected chi connectivity index (χ1v) is 9.81. The molecular weight excluding hydrogens is 360 g/mol. The van der Waals surface area contributed by atoms with E-state index in [-0.39, 0.29) is 35.4 Å². The third-order valence-electron chi connectivity index (χ3n) is 5.17. The highest BCUT2D eigenvalue weighted by atomic mass is 16.5. The fourth-order valence-corrected chi connectivity index (χ4v) is 3.82. The average molecular weight is 386 g/mol. The Hall–Kier alpha value is -2.70. The van der Waals surface area contributed by atoms with Gasteiger partial charge in [0.25, 0.3) is 17.7 Å². The van der Waals surface area contributed by atoms with E-state index < -0.39 is 30.4 Å². The van der Waals surface area contributed by atoms with Gasteiger partial charge in [-0.15, -0.1) is 0 Å². The standard InChI is InChI=1S/C21H26N2O5/c1-13(2)11-17(21(27)28-12-18(24)22-14-7-3-4-8-14)23-19(25)15-9-5-6-10-16(15)20(23)26/h5-6,9-10,13-14,17H,3-4,7-8,11-12H2,1-2H3,(H,22,24)/t17-/m0/s1. The quantitative estimate of drug-likeness (QED) is 0.573. The first-order valence-electron chi connectivity index (χ1n) is 9.81. The van der Waals surface area contributed by atoms with Crippen molar-refractivity contribution in [2.75, 3.05) is 6.61 Å². The van der Waals surface area contributed by atoms with Gasteiger partial charge in [0.1, 0.15) is 6.04 Å². The molecule has 150 valence electrons. The molecule has 3 rings (SSSR count). The van der Waals surface area contributed by atoms with Crippen molar-refractivity contribution in [2.45, 2.75) is 58.0 Å². The van der Waals surface area contributed by atoms with Crippen molar-refractivity contribution in [3.05, 3.63) is 35.4 Å². The molecule has 1 saturated carbocycles. The largest absolute Gasteiger partial charge is 0.454 e. The summed E-state index contributed by atoms with van der Waals surface area (Å²) in [6, 6.07) is 5.58. The third-order valence-corrected chi connectivity index (χ3v) is 5.17. The lowest BCUT2D eigenvalue weighted by Gasteiger charge is -2.26. The number of amides is 3. The number of carbonyl (C=O) groups is 4. The minimum atomic E-state index is -1.05. The van der Waals surface area contributed by atoms with Gasteiger partial charge in [-0.25, -0.2) is 4.79 Å². The van der Waals surface area contributed by atoms with Crippen LogP contribution < -0.4 is 5.32 Å². The molecule has 1 aliphatic heterocycles. The van der Waals surface area contributed by atoms with E-state index in [1.54, 1.807) is 24.3 Å². The summed E-state index contributed by atoms with van der Waals surface area (Å²) in [6.45, 7) is 3.38. The number of nitrogens with one attached hydrogen (secondary N) is 1. The summed E-state index contributed by atoms with van der Waals surface area (Å²) in [5.41, 5.74) is 0.570. The summed E-state index contributed by atoms with van der Waals surface area (Å²) in [7, 11) is 0. The van der Waals surface area contributed by atoms with Gasteiger partial charge >= 0.3 is 5.97 Å². The highest BCUT2D eigenvalue weighted by Crippen LogP contribution is 2.27. The number of hydrogen-bond donors (Lipinski definition) is 1. The normalized spacial score (nSPS) is 17.8. The Morgan fingerprint density at radius 3 is 2.21 bits per heavy atom. The number of hydrogen-bond acceptors (Lipinski definition) is 5. The summed E-state index contributed by atoms with van der Waals surface area (Å²) in [4.78, 5) is 51.2. The van der Waals surface area contributed by atoms with Crippen molar-refractivity contribution in [3.63, 3.8) is 0 Å². The van der Waals surface area contributed by atoms with Gasteiger partial charge in [-0.1, -0.05) is 38.8 Å². The molecule has 28 heavy (non-hydrogen) atoms. The molecule has 2 aliphatic rings. The first-order chi connectivity index (χ1) is 13.4. The van der Waals surface area contributed by atoms with Crippen molar-refractivity contribution in [1.29, 1.82) is 0 Å². The third kappa shape index (κ3) is 4.24. The molecule has 1 fully saturated rings. The van der Waals surface area contributed by atoms with E-state index in [1.807, 2.05) is 13.8 Å². The summed E-state index contributed by atoms with van der Waals surface area (Å²) < 4.78 is 5.19. The second kappa shape index (κ2) is 8.54. The Kier molecular flexibility index (Phi) is 6.11. The molecule has 3 amide bonds. The Labute approximate surface area is 164 Å². The first kappa shape index (κ1) is 20.0. The molecule has 1 heterocycles. The van der Waals surface area contributed by atoms with Crippen LogP contribution in [0.5, 0.6) is 0 Å². The molecule has 1 aromatic rings. The van der Waals surface area contributed by atoms with Crippen LogP contribution in [0.2, 0.25) is 0 Å². The van der Waals surface area contributed by atoms with Crippen molar-refractivity contribution < 1.29 is 23.9 Å². The van der Waals surface area contributed by atoms with E-state index in [1.165, 1.54) is 0 Å². The molecule has 7 nitrogen and oxygen atoms in total. The van der Waals surface area contributed by atoms with Gasteiger partial charge in [0.05, 0.1) is 11.1 Å². The maximum absolute atomic E-state index is 12.7. The predicted molar refractivity (Wildman–Crippen MR) is 102 cm³/mol. The van der Waals surface area contributed by atoms with E-state index >= 15 is 0 Å². The van der Waals surface area contributed by atoms with Gasteiger partial charge in [-0.2, -0.15) is 0 Å². The number of fused-ring (bicyclic) bond motifs is 1. The molecule has 0 spiro atoms. The monoisotopic (exact) mass is 386 g/mol. The lowest BCUT2D eigenvalue weighted by molar-refractivity contribution is -0.153. The maximum Gasteiger partial charge on any atom is 0.329 e. The van der Waals surface area contributed by atoms with Crippen LogP contribution in [-0.4, -0.2) is 47.3 Å². The van der Waals surface area contributed by atoms with Gasteiger partial charge in [-0.05, 0) is 37.3 Å². The molecule has 1 aliphatic carbocycles. The average Bonchev–Trinajstić information content (AvgIpc) is 3.25. The van der Waals surface area contributed by atoms with Crippen molar-refractivity contribution in [3.8, 4) is 0 Å². The van der Waals surface area contributed by atoms with Crippen LogP contribution in [0.3, 0.4) is 0 Å². The molecule has 1 N–H and O–H groups in total. The fourth-order valence-electron chi connectivity index (χ4n) is 3.82. The number of ether oxygens (including phenoxy) is 1. The van der Waals surface area contributed by atoms with Crippen LogP contribution in [0.1, 0.15) is 66.7 Å². The molecule has 0 unspecified atom stereocenters. The van der Waals surface area contributed by atoms with E-state index in [9.17, 15) is 19.2 Å². The SMILES string of the molecule is CC(C)C[C@@H](C(=O)OCC(=O)NC1CCCC1)N1C(=O)c2ccccc2C1=O. The molecule has 0 aromatic heterocycles. The Bertz CT molecular complexity index is 748. The van der Waals surface area contributed by atoms with Crippen LogP contribution in [0, 0.1) is 5.92 Å². The molecular formula is C21H26N2O5. The highest BCUT2D eigenvalue weighted by molar-refractivity contribution is 6.22. The fraction of sp³-hybridized carbons (Fsp3) is 0.524.